The second-order valence-electron chi connectivity index (χ2n) is 5.10. The van der Waals surface area contributed by atoms with E-state index in [0.717, 1.165) is 0 Å². The highest BCUT2D eigenvalue weighted by Gasteiger charge is 2.16. The van der Waals surface area contributed by atoms with Gasteiger partial charge in [0.25, 0.3) is 0 Å². The molecule has 16 heavy (non-hydrogen) atoms. The first-order chi connectivity index (χ1) is 7.63. The van der Waals surface area contributed by atoms with E-state index in [0.29, 0.717) is 6.04 Å². The lowest BCUT2D eigenvalue weighted by molar-refractivity contribution is 0.264. The molecule has 0 spiro atoms. The Morgan fingerprint density at radius 1 is 1.06 bits per heavy atom. The van der Waals surface area contributed by atoms with Crippen LogP contribution in [0.4, 0.5) is 5.69 Å². The maximum absolute atomic E-state index is 3.66. The zero-order valence-corrected chi connectivity index (χ0v) is 10.6. The predicted octanol–water partition coefficient (Wildman–Crippen LogP) is 2.81. The van der Waals surface area contributed by atoms with Gasteiger partial charge >= 0.3 is 0 Å². The molecule has 1 aromatic rings. The summed E-state index contributed by atoms with van der Waals surface area (Å²) in [6, 6.07) is 7.36. The molecule has 0 saturated carbocycles. The minimum Gasteiger partial charge on any atom is -0.382 e. The number of benzene rings is 1. The standard InChI is InChI=1S/C14H22N2/c1-11-8-12(2)10-14(9-11)15-13-4-6-16(3)7-5-13/h8-10,13,15H,4-7H2,1-3H3. The SMILES string of the molecule is Cc1cc(C)cc(NC2CCN(C)CC2)c1. The summed E-state index contributed by atoms with van der Waals surface area (Å²) < 4.78 is 0. The summed E-state index contributed by atoms with van der Waals surface area (Å²) in [4.78, 5) is 2.40. The maximum atomic E-state index is 3.66. The minimum absolute atomic E-state index is 0.650. The second kappa shape index (κ2) is 4.88. The summed E-state index contributed by atoms with van der Waals surface area (Å²) in [5, 5.41) is 3.66. The van der Waals surface area contributed by atoms with Crippen molar-refractivity contribution < 1.29 is 0 Å². The Bertz CT molecular complexity index is 332. The van der Waals surface area contributed by atoms with E-state index in [2.05, 4.69) is 49.3 Å². The molecule has 0 aliphatic carbocycles. The Morgan fingerprint density at radius 2 is 1.62 bits per heavy atom. The number of nitrogens with zero attached hydrogens (tertiary/aromatic N) is 1. The Hall–Kier alpha value is -1.02. The molecule has 0 aromatic heterocycles. The first-order valence-electron chi connectivity index (χ1n) is 6.17. The third kappa shape index (κ3) is 2.99. The van der Waals surface area contributed by atoms with E-state index in [1.165, 1.54) is 42.7 Å². The van der Waals surface area contributed by atoms with E-state index in [1.807, 2.05) is 0 Å². The van der Waals surface area contributed by atoms with Gasteiger partial charge in [-0.1, -0.05) is 6.07 Å². The van der Waals surface area contributed by atoms with Crippen LogP contribution in [0.1, 0.15) is 24.0 Å². The number of aryl methyl sites for hydroxylation is 2. The van der Waals surface area contributed by atoms with E-state index < -0.39 is 0 Å². The summed E-state index contributed by atoms with van der Waals surface area (Å²) in [6.07, 6.45) is 2.51. The van der Waals surface area contributed by atoms with Gasteiger partial charge in [0.15, 0.2) is 0 Å². The molecule has 0 bridgehead atoms. The van der Waals surface area contributed by atoms with Crippen LogP contribution in [0.5, 0.6) is 0 Å². The van der Waals surface area contributed by atoms with Gasteiger partial charge in [0.05, 0.1) is 0 Å². The molecule has 0 radical (unpaired) electrons. The van der Waals surface area contributed by atoms with Crippen molar-refractivity contribution in [2.75, 3.05) is 25.5 Å². The Balaban J connectivity index is 1.98. The van der Waals surface area contributed by atoms with Gasteiger partial charge in [-0.3, -0.25) is 0 Å². The number of piperidine rings is 1. The van der Waals surface area contributed by atoms with E-state index in [9.17, 15) is 0 Å². The highest BCUT2D eigenvalue weighted by atomic mass is 15.1. The average molecular weight is 218 g/mol. The van der Waals surface area contributed by atoms with Gasteiger partial charge in [0.1, 0.15) is 0 Å². The van der Waals surface area contributed by atoms with Gasteiger partial charge in [0.2, 0.25) is 0 Å². The summed E-state index contributed by atoms with van der Waals surface area (Å²) in [5.41, 5.74) is 3.97. The number of anilines is 1. The Morgan fingerprint density at radius 3 is 2.19 bits per heavy atom. The molecule has 2 rings (SSSR count). The van der Waals surface area contributed by atoms with Crippen LogP contribution < -0.4 is 5.32 Å². The molecular weight excluding hydrogens is 196 g/mol. The van der Waals surface area contributed by atoms with Crippen molar-refractivity contribution >= 4 is 5.69 Å². The van der Waals surface area contributed by atoms with Crippen molar-refractivity contribution in [2.45, 2.75) is 32.7 Å². The van der Waals surface area contributed by atoms with Crippen LogP contribution in [0.25, 0.3) is 0 Å². The van der Waals surface area contributed by atoms with Crippen molar-refractivity contribution in [3.63, 3.8) is 0 Å². The van der Waals surface area contributed by atoms with Gasteiger partial charge in [-0.15, -0.1) is 0 Å². The molecule has 1 saturated heterocycles. The lowest BCUT2D eigenvalue weighted by atomic mass is 10.0. The Kier molecular flexibility index (Phi) is 3.49. The van der Waals surface area contributed by atoms with Crippen molar-refractivity contribution in [3.05, 3.63) is 29.3 Å². The summed E-state index contributed by atoms with van der Waals surface area (Å²) in [7, 11) is 2.20. The van der Waals surface area contributed by atoms with Gasteiger partial charge in [0, 0.05) is 11.7 Å². The topological polar surface area (TPSA) is 15.3 Å². The predicted molar refractivity (Wildman–Crippen MR) is 70.1 cm³/mol. The molecule has 88 valence electrons. The highest BCUT2D eigenvalue weighted by Crippen LogP contribution is 2.18. The number of likely N-dealkylation sites (tertiary alicyclic amines) is 1. The first kappa shape index (κ1) is 11.5. The van der Waals surface area contributed by atoms with E-state index in [-0.39, 0.29) is 0 Å². The third-order valence-electron chi connectivity index (χ3n) is 3.31. The summed E-state index contributed by atoms with van der Waals surface area (Å²) >= 11 is 0. The van der Waals surface area contributed by atoms with Crippen molar-refractivity contribution in [3.8, 4) is 0 Å². The van der Waals surface area contributed by atoms with Crippen molar-refractivity contribution in [1.29, 1.82) is 0 Å². The maximum Gasteiger partial charge on any atom is 0.0347 e. The second-order valence-corrected chi connectivity index (χ2v) is 5.10. The largest absolute Gasteiger partial charge is 0.382 e. The third-order valence-corrected chi connectivity index (χ3v) is 3.31. The lowest BCUT2D eigenvalue weighted by Crippen LogP contribution is -2.36. The molecule has 1 aliphatic rings. The number of rotatable bonds is 2. The first-order valence-corrected chi connectivity index (χ1v) is 6.17. The van der Waals surface area contributed by atoms with Gasteiger partial charge < -0.3 is 10.2 Å². The highest BCUT2D eigenvalue weighted by molar-refractivity contribution is 5.49. The van der Waals surface area contributed by atoms with E-state index in [4.69, 9.17) is 0 Å². The van der Waals surface area contributed by atoms with Gasteiger partial charge in [-0.2, -0.15) is 0 Å². The van der Waals surface area contributed by atoms with Crippen LogP contribution in [0, 0.1) is 13.8 Å². The quantitative estimate of drug-likeness (QED) is 0.821. The minimum atomic E-state index is 0.650. The van der Waals surface area contributed by atoms with Crippen LogP contribution in [0.15, 0.2) is 18.2 Å². The van der Waals surface area contributed by atoms with Gasteiger partial charge in [-0.25, -0.2) is 0 Å². The van der Waals surface area contributed by atoms with Crippen LogP contribution in [-0.4, -0.2) is 31.1 Å². The van der Waals surface area contributed by atoms with Crippen LogP contribution >= 0.6 is 0 Å². The average Bonchev–Trinajstić information content (AvgIpc) is 2.20. The molecule has 0 atom stereocenters. The zero-order valence-electron chi connectivity index (χ0n) is 10.6. The molecule has 1 aromatic carbocycles. The molecule has 2 heteroatoms. The van der Waals surface area contributed by atoms with Crippen LogP contribution in [-0.2, 0) is 0 Å². The van der Waals surface area contributed by atoms with E-state index >= 15 is 0 Å². The van der Waals surface area contributed by atoms with E-state index in [1.54, 1.807) is 0 Å². The van der Waals surface area contributed by atoms with Gasteiger partial charge in [-0.05, 0) is 70.1 Å². The molecule has 1 N–H and O–H groups in total. The molecule has 1 fully saturated rings. The smallest absolute Gasteiger partial charge is 0.0347 e. The van der Waals surface area contributed by atoms with Crippen LogP contribution in [0.2, 0.25) is 0 Å². The number of nitrogens with one attached hydrogen (secondary N) is 1. The number of hydrogen-bond donors (Lipinski definition) is 1. The zero-order chi connectivity index (χ0) is 11.5. The fourth-order valence-electron chi connectivity index (χ4n) is 2.45. The Labute approximate surface area is 98.7 Å². The molecule has 0 unspecified atom stereocenters. The molecule has 2 nitrogen and oxygen atoms in total. The normalized spacial score (nSPS) is 18.7. The molecule has 0 amide bonds. The molecular formula is C14H22N2. The van der Waals surface area contributed by atoms with Crippen molar-refractivity contribution in [1.82, 2.24) is 4.90 Å². The monoisotopic (exact) mass is 218 g/mol. The fourth-order valence-corrected chi connectivity index (χ4v) is 2.45. The fraction of sp³-hybridized carbons (Fsp3) is 0.571. The molecule has 1 heterocycles. The van der Waals surface area contributed by atoms with Crippen LogP contribution in [0.3, 0.4) is 0 Å². The number of hydrogen-bond acceptors (Lipinski definition) is 2. The van der Waals surface area contributed by atoms with Crippen molar-refractivity contribution in [2.24, 2.45) is 0 Å². The summed E-state index contributed by atoms with van der Waals surface area (Å²) in [6.45, 7) is 6.74. The lowest BCUT2D eigenvalue weighted by Gasteiger charge is -2.30. The summed E-state index contributed by atoms with van der Waals surface area (Å²) in [5.74, 6) is 0. The molecule has 1 aliphatic heterocycles.